The van der Waals surface area contributed by atoms with Gasteiger partial charge >= 0.3 is 0 Å². The summed E-state index contributed by atoms with van der Waals surface area (Å²) in [5.41, 5.74) is 3.74. The second kappa shape index (κ2) is 6.73. The molecule has 2 rings (SSSR count). The van der Waals surface area contributed by atoms with Crippen LogP contribution in [-0.4, -0.2) is 32.9 Å². The van der Waals surface area contributed by atoms with Crippen LogP contribution in [0.15, 0.2) is 23.8 Å². The van der Waals surface area contributed by atoms with Crippen molar-refractivity contribution in [3.63, 3.8) is 0 Å². The minimum absolute atomic E-state index is 0.431. The van der Waals surface area contributed by atoms with E-state index in [0.717, 1.165) is 37.5 Å². The van der Waals surface area contributed by atoms with Crippen LogP contribution in [0.25, 0.3) is 6.08 Å². The quantitative estimate of drug-likeness (QED) is 0.904. The van der Waals surface area contributed by atoms with E-state index in [9.17, 15) is 0 Å². The highest BCUT2D eigenvalue weighted by atomic mass is 16.5. The lowest BCUT2D eigenvalue weighted by Gasteiger charge is -2.24. The fourth-order valence-corrected chi connectivity index (χ4v) is 2.43. The molecule has 0 aliphatic carbocycles. The van der Waals surface area contributed by atoms with Crippen LogP contribution in [0, 0.1) is 6.92 Å². The molecular formula is C16H23NO2. The third-order valence-electron chi connectivity index (χ3n) is 3.35. The maximum absolute atomic E-state index is 5.48. The molecule has 0 bridgehead atoms. The van der Waals surface area contributed by atoms with Crippen LogP contribution < -0.4 is 10.1 Å². The van der Waals surface area contributed by atoms with Crippen LogP contribution >= 0.6 is 0 Å². The van der Waals surface area contributed by atoms with Crippen LogP contribution in [-0.2, 0) is 4.74 Å². The van der Waals surface area contributed by atoms with E-state index in [4.69, 9.17) is 9.47 Å². The molecule has 104 valence electrons. The van der Waals surface area contributed by atoms with Gasteiger partial charge in [-0.3, -0.25) is 0 Å². The van der Waals surface area contributed by atoms with Crippen molar-refractivity contribution in [2.75, 3.05) is 26.9 Å². The summed E-state index contributed by atoms with van der Waals surface area (Å²) in [4.78, 5) is 0. The summed E-state index contributed by atoms with van der Waals surface area (Å²) in [6.07, 6.45) is 3.22. The van der Waals surface area contributed by atoms with E-state index in [1.165, 1.54) is 11.1 Å². The number of benzene rings is 1. The smallest absolute Gasteiger partial charge is 0.126 e. The lowest BCUT2D eigenvalue weighted by molar-refractivity contribution is 0.0771. The van der Waals surface area contributed by atoms with Crippen LogP contribution in [0.5, 0.6) is 5.75 Å². The summed E-state index contributed by atoms with van der Waals surface area (Å²) in [7, 11) is 1.72. The number of rotatable bonds is 4. The third-order valence-corrected chi connectivity index (χ3v) is 3.35. The normalized spacial score (nSPS) is 20.4. The first-order valence-electron chi connectivity index (χ1n) is 6.82. The summed E-state index contributed by atoms with van der Waals surface area (Å²) in [6, 6.07) is 6.69. The third kappa shape index (κ3) is 4.08. The van der Waals surface area contributed by atoms with Crippen LogP contribution in [0.1, 0.15) is 24.5 Å². The van der Waals surface area contributed by atoms with E-state index >= 15 is 0 Å². The van der Waals surface area contributed by atoms with Gasteiger partial charge in [0.05, 0.1) is 20.3 Å². The molecule has 19 heavy (non-hydrogen) atoms. The molecule has 1 unspecified atom stereocenters. The number of aryl methyl sites for hydroxylation is 1. The number of hydrogen-bond donors (Lipinski definition) is 1. The highest BCUT2D eigenvalue weighted by Crippen LogP contribution is 2.23. The molecule has 0 spiro atoms. The number of nitrogens with one attached hydrogen (secondary N) is 1. The Morgan fingerprint density at radius 3 is 3.05 bits per heavy atom. The summed E-state index contributed by atoms with van der Waals surface area (Å²) < 4.78 is 10.9. The van der Waals surface area contributed by atoms with E-state index < -0.39 is 0 Å². The topological polar surface area (TPSA) is 30.5 Å². The second-order valence-electron chi connectivity index (χ2n) is 5.17. The summed E-state index contributed by atoms with van der Waals surface area (Å²) in [6.45, 7) is 6.84. The molecule has 0 amide bonds. The minimum Gasteiger partial charge on any atom is -0.496 e. The zero-order valence-corrected chi connectivity index (χ0v) is 12.0. The van der Waals surface area contributed by atoms with E-state index in [2.05, 4.69) is 37.4 Å². The molecule has 0 radical (unpaired) electrons. The molecule has 1 aliphatic heterocycles. The summed E-state index contributed by atoms with van der Waals surface area (Å²) >= 11 is 0. The minimum atomic E-state index is 0.431. The molecule has 1 aromatic rings. The van der Waals surface area contributed by atoms with Gasteiger partial charge in [-0.05, 0) is 32.4 Å². The summed E-state index contributed by atoms with van der Waals surface area (Å²) in [5.74, 6) is 0.929. The SMILES string of the molecule is COc1ccc(C)cc1/C=C(/C)CC1COCCN1. The van der Waals surface area contributed by atoms with Gasteiger partial charge in [-0.15, -0.1) is 0 Å². The molecule has 1 aromatic carbocycles. The maximum Gasteiger partial charge on any atom is 0.126 e. The molecule has 3 heteroatoms. The first-order chi connectivity index (χ1) is 9.19. The lowest BCUT2D eigenvalue weighted by Crippen LogP contribution is -2.41. The average Bonchev–Trinajstić information content (AvgIpc) is 2.40. The summed E-state index contributed by atoms with van der Waals surface area (Å²) in [5, 5.41) is 3.48. The van der Waals surface area contributed by atoms with Crippen LogP contribution in [0.3, 0.4) is 0 Å². The van der Waals surface area contributed by atoms with Gasteiger partial charge < -0.3 is 14.8 Å². The molecule has 0 aromatic heterocycles. The van der Waals surface area contributed by atoms with E-state index in [1.54, 1.807) is 7.11 Å². The zero-order chi connectivity index (χ0) is 13.7. The van der Waals surface area contributed by atoms with Gasteiger partial charge in [0.2, 0.25) is 0 Å². The number of ether oxygens (including phenoxy) is 2. The number of morpholine rings is 1. The fraction of sp³-hybridized carbons (Fsp3) is 0.500. The molecule has 3 nitrogen and oxygen atoms in total. The van der Waals surface area contributed by atoms with Crippen LogP contribution in [0.4, 0.5) is 0 Å². The molecule has 0 saturated carbocycles. The van der Waals surface area contributed by atoms with Gasteiger partial charge in [0, 0.05) is 18.2 Å². The van der Waals surface area contributed by atoms with Crippen molar-refractivity contribution in [3.05, 3.63) is 34.9 Å². The van der Waals surface area contributed by atoms with Crippen molar-refractivity contribution in [2.24, 2.45) is 0 Å². The van der Waals surface area contributed by atoms with E-state index in [0.29, 0.717) is 6.04 Å². The van der Waals surface area contributed by atoms with Crippen molar-refractivity contribution in [1.29, 1.82) is 0 Å². The predicted molar refractivity (Wildman–Crippen MR) is 78.6 cm³/mol. The van der Waals surface area contributed by atoms with Gasteiger partial charge in [-0.2, -0.15) is 0 Å². The van der Waals surface area contributed by atoms with Crippen molar-refractivity contribution >= 4 is 6.08 Å². The van der Waals surface area contributed by atoms with Gasteiger partial charge in [-0.25, -0.2) is 0 Å². The van der Waals surface area contributed by atoms with Crippen molar-refractivity contribution in [1.82, 2.24) is 5.32 Å². The predicted octanol–water partition coefficient (Wildman–Crippen LogP) is 2.79. The molecule has 1 heterocycles. The Bertz CT molecular complexity index is 448. The Morgan fingerprint density at radius 1 is 1.53 bits per heavy atom. The van der Waals surface area contributed by atoms with Gasteiger partial charge in [0.15, 0.2) is 0 Å². The average molecular weight is 261 g/mol. The fourth-order valence-electron chi connectivity index (χ4n) is 2.43. The Kier molecular flexibility index (Phi) is 5.00. The molecule has 1 atom stereocenters. The molecule has 1 fully saturated rings. The highest BCUT2D eigenvalue weighted by Gasteiger charge is 2.13. The zero-order valence-electron chi connectivity index (χ0n) is 12.0. The standard InChI is InChI=1S/C16H23NO2/c1-12-4-5-16(18-3)14(8-12)9-13(2)10-15-11-19-7-6-17-15/h4-5,8-9,15,17H,6-7,10-11H2,1-3H3/b13-9-. The lowest BCUT2D eigenvalue weighted by atomic mass is 10.0. The maximum atomic E-state index is 5.48. The number of hydrogen-bond acceptors (Lipinski definition) is 3. The molecule has 1 saturated heterocycles. The van der Waals surface area contributed by atoms with Gasteiger partial charge in [-0.1, -0.05) is 23.3 Å². The molecule has 1 N–H and O–H groups in total. The second-order valence-corrected chi connectivity index (χ2v) is 5.17. The Labute approximate surface area is 115 Å². The van der Waals surface area contributed by atoms with Gasteiger partial charge in [0.25, 0.3) is 0 Å². The van der Waals surface area contributed by atoms with Crippen molar-refractivity contribution < 1.29 is 9.47 Å². The van der Waals surface area contributed by atoms with Gasteiger partial charge in [0.1, 0.15) is 5.75 Å². The largest absolute Gasteiger partial charge is 0.496 e. The molecular weight excluding hydrogens is 238 g/mol. The first kappa shape index (κ1) is 14.1. The van der Waals surface area contributed by atoms with E-state index in [-0.39, 0.29) is 0 Å². The first-order valence-corrected chi connectivity index (χ1v) is 6.82. The molecule has 1 aliphatic rings. The Hall–Kier alpha value is -1.32. The number of methoxy groups -OCH3 is 1. The van der Waals surface area contributed by atoms with Crippen molar-refractivity contribution in [3.8, 4) is 5.75 Å². The Morgan fingerprint density at radius 2 is 2.37 bits per heavy atom. The highest BCUT2D eigenvalue weighted by molar-refractivity contribution is 5.60. The monoisotopic (exact) mass is 261 g/mol. The Balaban J connectivity index is 2.08. The van der Waals surface area contributed by atoms with E-state index in [1.807, 2.05) is 6.07 Å². The van der Waals surface area contributed by atoms with Crippen LogP contribution in [0.2, 0.25) is 0 Å². The van der Waals surface area contributed by atoms with Crippen molar-refractivity contribution in [2.45, 2.75) is 26.3 Å².